The van der Waals surface area contributed by atoms with Crippen molar-refractivity contribution in [3.05, 3.63) is 29.8 Å². The zero-order valence-corrected chi connectivity index (χ0v) is 12.4. The van der Waals surface area contributed by atoms with Gasteiger partial charge in [0.1, 0.15) is 5.75 Å². The molecule has 0 bridgehead atoms. The van der Waals surface area contributed by atoms with Crippen LogP contribution in [0.3, 0.4) is 0 Å². The molecule has 118 valence electrons. The van der Waals surface area contributed by atoms with E-state index in [9.17, 15) is 13.2 Å². The fraction of sp³-hybridized carbons (Fsp3) is 0.625. The summed E-state index contributed by atoms with van der Waals surface area (Å²) < 4.78 is 43.9. The van der Waals surface area contributed by atoms with Gasteiger partial charge in [-0.15, -0.1) is 0 Å². The van der Waals surface area contributed by atoms with Crippen LogP contribution < -0.4 is 10.5 Å². The standard InChI is InChI=1S/C16H22F3NO/c1-11(2)21-14-5-3-4-13(10-14)15(20)8-6-12(7-9-15)16(17,18)19/h3-5,10-12H,6-9,20H2,1-2H3. The topological polar surface area (TPSA) is 35.2 Å². The van der Waals surface area contributed by atoms with Gasteiger partial charge in [0.15, 0.2) is 0 Å². The molecule has 0 amide bonds. The van der Waals surface area contributed by atoms with Crippen molar-refractivity contribution >= 4 is 0 Å². The minimum absolute atomic E-state index is 0.0509. The number of rotatable bonds is 3. The number of nitrogens with two attached hydrogens (primary N) is 1. The second-order valence-electron chi connectivity index (χ2n) is 6.17. The predicted octanol–water partition coefficient (Wildman–Crippen LogP) is 4.38. The number of hydrogen-bond acceptors (Lipinski definition) is 2. The van der Waals surface area contributed by atoms with Crippen molar-refractivity contribution in [3.8, 4) is 5.75 Å². The number of hydrogen-bond donors (Lipinski definition) is 1. The molecule has 0 aliphatic heterocycles. The highest BCUT2D eigenvalue weighted by molar-refractivity contribution is 5.33. The summed E-state index contributed by atoms with van der Waals surface area (Å²) in [4.78, 5) is 0. The van der Waals surface area contributed by atoms with E-state index in [0.717, 1.165) is 5.56 Å². The summed E-state index contributed by atoms with van der Waals surface area (Å²) in [6, 6.07) is 7.42. The highest BCUT2D eigenvalue weighted by atomic mass is 19.4. The maximum Gasteiger partial charge on any atom is 0.391 e. The second kappa shape index (κ2) is 5.87. The Morgan fingerprint density at radius 1 is 1.24 bits per heavy atom. The third-order valence-corrected chi connectivity index (χ3v) is 4.12. The second-order valence-corrected chi connectivity index (χ2v) is 6.17. The zero-order chi connectivity index (χ0) is 15.7. The molecule has 0 atom stereocenters. The van der Waals surface area contributed by atoms with Gasteiger partial charge in [-0.1, -0.05) is 12.1 Å². The molecule has 1 fully saturated rings. The third kappa shape index (κ3) is 3.90. The lowest BCUT2D eigenvalue weighted by Gasteiger charge is -2.38. The molecule has 1 saturated carbocycles. The third-order valence-electron chi connectivity index (χ3n) is 4.12. The van der Waals surface area contributed by atoms with Crippen LogP contribution >= 0.6 is 0 Å². The average Bonchev–Trinajstić information content (AvgIpc) is 2.37. The van der Waals surface area contributed by atoms with E-state index in [2.05, 4.69) is 0 Å². The Balaban J connectivity index is 2.11. The van der Waals surface area contributed by atoms with Gasteiger partial charge in [-0.2, -0.15) is 13.2 Å². The van der Waals surface area contributed by atoms with E-state index in [1.807, 2.05) is 38.1 Å². The first kappa shape index (κ1) is 16.1. The van der Waals surface area contributed by atoms with E-state index < -0.39 is 17.6 Å². The average molecular weight is 301 g/mol. The maximum absolute atomic E-state index is 12.7. The van der Waals surface area contributed by atoms with E-state index in [-0.39, 0.29) is 18.9 Å². The molecule has 1 aromatic rings. The van der Waals surface area contributed by atoms with Crippen molar-refractivity contribution in [2.24, 2.45) is 11.7 Å². The summed E-state index contributed by atoms with van der Waals surface area (Å²) >= 11 is 0. The van der Waals surface area contributed by atoms with Crippen LogP contribution in [-0.4, -0.2) is 12.3 Å². The highest BCUT2D eigenvalue weighted by Gasteiger charge is 2.45. The lowest BCUT2D eigenvalue weighted by Crippen LogP contribution is -2.43. The van der Waals surface area contributed by atoms with E-state index in [4.69, 9.17) is 10.5 Å². The van der Waals surface area contributed by atoms with Crippen molar-refractivity contribution in [3.63, 3.8) is 0 Å². The molecule has 1 aliphatic rings. The van der Waals surface area contributed by atoms with Gasteiger partial charge in [-0.25, -0.2) is 0 Å². The summed E-state index contributed by atoms with van der Waals surface area (Å²) in [6.45, 7) is 3.86. The van der Waals surface area contributed by atoms with Crippen molar-refractivity contribution < 1.29 is 17.9 Å². The molecule has 1 aliphatic carbocycles. The number of alkyl halides is 3. The lowest BCUT2D eigenvalue weighted by molar-refractivity contribution is -0.184. The fourth-order valence-electron chi connectivity index (χ4n) is 2.90. The quantitative estimate of drug-likeness (QED) is 0.899. The van der Waals surface area contributed by atoms with Crippen LogP contribution in [0.1, 0.15) is 45.1 Å². The van der Waals surface area contributed by atoms with Gasteiger partial charge in [0.05, 0.1) is 12.0 Å². The minimum atomic E-state index is -4.11. The highest BCUT2D eigenvalue weighted by Crippen LogP contribution is 2.44. The van der Waals surface area contributed by atoms with Crippen LogP contribution in [0, 0.1) is 5.92 Å². The lowest BCUT2D eigenvalue weighted by atomic mass is 9.73. The molecule has 0 heterocycles. The molecule has 2 nitrogen and oxygen atoms in total. The van der Waals surface area contributed by atoms with Gasteiger partial charge in [-0.05, 0) is 57.2 Å². The Kier molecular flexibility index (Phi) is 4.51. The largest absolute Gasteiger partial charge is 0.491 e. The molecular formula is C16H22F3NO. The molecule has 21 heavy (non-hydrogen) atoms. The Morgan fingerprint density at radius 2 is 1.86 bits per heavy atom. The molecule has 1 aromatic carbocycles. The molecule has 5 heteroatoms. The maximum atomic E-state index is 12.7. The monoisotopic (exact) mass is 301 g/mol. The van der Waals surface area contributed by atoms with E-state index >= 15 is 0 Å². The van der Waals surface area contributed by atoms with Crippen LogP contribution in [0.2, 0.25) is 0 Å². The molecule has 0 radical (unpaired) electrons. The van der Waals surface area contributed by atoms with E-state index in [1.54, 1.807) is 0 Å². The number of ether oxygens (including phenoxy) is 1. The summed E-state index contributed by atoms with van der Waals surface area (Å²) in [5.74, 6) is -0.505. The van der Waals surface area contributed by atoms with Gasteiger partial charge in [0.25, 0.3) is 0 Å². The molecule has 0 unspecified atom stereocenters. The van der Waals surface area contributed by atoms with Crippen molar-refractivity contribution in [1.29, 1.82) is 0 Å². The van der Waals surface area contributed by atoms with Crippen molar-refractivity contribution in [2.75, 3.05) is 0 Å². The van der Waals surface area contributed by atoms with Gasteiger partial charge >= 0.3 is 6.18 Å². The van der Waals surface area contributed by atoms with Gasteiger partial charge < -0.3 is 10.5 Å². The predicted molar refractivity (Wildman–Crippen MR) is 76.1 cm³/mol. The SMILES string of the molecule is CC(C)Oc1cccc(C2(N)CCC(C(F)(F)F)CC2)c1. The summed E-state index contributed by atoms with van der Waals surface area (Å²) in [5.41, 5.74) is 6.54. The van der Waals surface area contributed by atoms with Crippen molar-refractivity contribution in [1.82, 2.24) is 0 Å². The Hall–Kier alpha value is -1.23. The Labute approximate surface area is 123 Å². The normalized spacial score (nSPS) is 26.9. The summed E-state index contributed by atoms with van der Waals surface area (Å²) in [6.07, 6.45) is -3.17. The smallest absolute Gasteiger partial charge is 0.391 e. The van der Waals surface area contributed by atoms with Crippen LogP contribution in [0.15, 0.2) is 24.3 Å². The van der Waals surface area contributed by atoms with Crippen LogP contribution in [0.4, 0.5) is 13.2 Å². The Morgan fingerprint density at radius 3 is 2.38 bits per heavy atom. The van der Waals surface area contributed by atoms with Gasteiger partial charge in [-0.3, -0.25) is 0 Å². The van der Waals surface area contributed by atoms with Crippen molar-refractivity contribution in [2.45, 2.75) is 57.3 Å². The molecule has 2 rings (SSSR count). The van der Waals surface area contributed by atoms with E-state index in [1.165, 1.54) is 0 Å². The number of halogens is 3. The van der Waals surface area contributed by atoms with Crippen LogP contribution in [0.5, 0.6) is 5.75 Å². The minimum Gasteiger partial charge on any atom is -0.491 e. The van der Waals surface area contributed by atoms with Crippen LogP contribution in [0.25, 0.3) is 0 Å². The first-order chi connectivity index (χ1) is 9.71. The summed E-state index contributed by atoms with van der Waals surface area (Å²) in [5, 5.41) is 0. The first-order valence-corrected chi connectivity index (χ1v) is 7.33. The molecule has 0 saturated heterocycles. The van der Waals surface area contributed by atoms with Gasteiger partial charge in [0, 0.05) is 5.54 Å². The number of benzene rings is 1. The molecular weight excluding hydrogens is 279 g/mol. The van der Waals surface area contributed by atoms with Crippen LogP contribution in [-0.2, 0) is 5.54 Å². The molecule has 0 spiro atoms. The fourth-order valence-corrected chi connectivity index (χ4v) is 2.90. The zero-order valence-electron chi connectivity index (χ0n) is 12.4. The van der Waals surface area contributed by atoms with Gasteiger partial charge in [0.2, 0.25) is 0 Å². The Bertz CT molecular complexity index is 477. The summed E-state index contributed by atoms with van der Waals surface area (Å²) in [7, 11) is 0. The van der Waals surface area contributed by atoms with E-state index in [0.29, 0.717) is 18.6 Å². The molecule has 2 N–H and O–H groups in total. The first-order valence-electron chi connectivity index (χ1n) is 7.33. The molecule has 0 aromatic heterocycles.